The molecule has 0 saturated heterocycles. The van der Waals surface area contributed by atoms with Crippen molar-refractivity contribution in [3.05, 3.63) is 88.3 Å². The summed E-state index contributed by atoms with van der Waals surface area (Å²) >= 11 is 6.39. The van der Waals surface area contributed by atoms with Gasteiger partial charge in [-0.15, -0.1) is 0 Å². The van der Waals surface area contributed by atoms with Gasteiger partial charge in [0.1, 0.15) is 10.7 Å². The molecule has 2 aromatic heterocycles. The van der Waals surface area contributed by atoms with Crippen LogP contribution in [0.3, 0.4) is 0 Å². The van der Waals surface area contributed by atoms with Gasteiger partial charge < -0.3 is 4.98 Å². The molecule has 0 saturated carbocycles. The number of carbonyl (C=O) groups excluding carboxylic acids is 2. The predicted octanol–water partition coefficient (Wildman–Crippen LogP) is 3.38. The van der Waals surface area contributed by atoms with Crippen LogP contribution in [0.4, 0.5) is 0 Å². The minimum atomic E-state index is -0.510. The number of nitrogens with zero attached hydrogens (tertiary/aromatic N) is 2. The molecular weight excluding hydrogens is 402 g/mol. The van der Waals surface area contributed by atoms with E-state index in [1.165, 1.54) is 0 Å². The Labute approximate surface area is 178 Å². The number of hydrogen-bond donors (Lipinski definition) is 3. The second kappa shape index (κ2) is 8.42. The van der Waals surface area contributed by atoms with Crippen LogP contribution in [0.1, 0.15) is 27.2 Å². The largest absolute Gasteiger partial charge is 0.361 e. The SMILES string of the molecule is Cc1nn(Cc2ccccc2)c(Cl)c1C(=O)NNC(=O)Cc1c[nH]c2ccccc12. The van der Waals surface area contributed by atoms with Gasteiger partial charge in [0.15, 0.2) is 0 Å². The smallest absolute Gasteiger partial charge is 0.274 e. The van der Waals surface area contributed by atoms with Gasteiger partial charge in [0.25, 0.3) is 5.91 Å². The van der Waals surface area contributed by atoms with Crippen molar-refractivity contribution in [1.29, 1.82) is 0 Å². The lowest BCUT2D eigenvalue weighted by atomic mass is 10.1. The molecule has 0 aliphatic carbocycles. The third-order valence-electron chi connectivity index (χ3n) is 4.81. The minimum Gasteiger partial charge on any atom is -0.361 e. The summed E-state index contributed by atoms with van der Waals surface area (Å²) in [4.78, 5) is 28.0. The van der Waals surface area contributed by atoms with Crippen molar-refractivity contribution in [3.63, 3.8) is 0 Å². The van der Waals surface area contributed by atoms with E-state index < -0.39 is 5.91 Å². The summed E-state index contributed by atoms with van der Waals surface area (Å²) in [5.41, 5.74) is 8.42. The van der Waals surface area contributed by atoms with Crippen molar-refractivity contribution in [2.45, 2.75) is 19.9 Å². The first-order valence-electron chi connectivity index (χ1n) is 9.44. The van der Waals surface area contributed by atoms with Gasteiger partial charge in [-0.2, -0.15) is 5.10 Å². The van der Waals surface area contributed by atoms with Crippen molar-refractivity contribution in [3.8, 4) is 0 Å². The zero-order valence-electron chi connectivity index (χ0n) is 16.3. The third kappa shape index (κ3) is 4.06. The van der Waals surface area contributed by atoms with Crippen LogP contribution < -0.4 is 10.9 Å². The molecule has 8 heteroatoms. The Bertz CT molecular complexity index is 1210. The number of carbonyl (C=O) groups is 2. The Morgan fingerprint density at radius 3 is 2.60 bits per heavy atom. The van der Waals surface area contributed by atoms with Crippen LogP contribution in [-0.4, -0.2) is 26.6 Å². The fourth-order valence-corrected chi connectivity index (χ4v) is 3.68. The Kier molecular flexibility index (Phi) is 5.54. The van der Waals surface area contributed by atoms with Crippen LogP contribution in [0, 0.1) is 6.92 Å². The highest BCUT2D eigenvalue weighted by Crippen LogP contribution is 2.21. The lowest BCUT2D eigenvalue weighted by Crippen LogP contribution is -2.42. The second-order valence-electron chi connectivity index (χ2n) is 6.93. The van der Waals surface area contributed by atoms with Crippen LogP contribution in [0.15, 0.2) is 60.8 Å². The number of hydrogen-bond acceptors (Lipinski definition) is 3. The molecule has 0 aliphatic rings. The van der Waals surface area contributed by atoms with E-state index in [4.69, 9.17) is 11.6 Å². The van der Waals surface area contributed by atoms with Crippen molar-refractivity contribution < 1.29 is 9.59 Å². The van der Waals surface area contributed by atoms with Crippen LogP contribution in [0.25, 0.3) is 10.9 Å². The monoisotopic (exact) mass is 421 g/mol. The summed E-state index contributed by atoms with van der Waals surface area (Å²) in [5, 5.41) is 5.55. The van der Waals surface area contributed by atoms with Crippen LogP contribution >= 0.6 is 11.6 Å². The van der Waals surface area contributed by atoms with E-state index in [9.17, 15) is 9.59 Å². The molecule has 0 spiro atoms. The van der Waals surface area contributed by atoms with E-state index in [1.54, 1.807) is 17.8 Å². The molecule has 0 fully saturated rings. The molecule has 4 rings (SSSR count). The highest BCUT2D eigenvalue weighted by Gasteiger charge is 2.21. The number of para-hydroxylation sites is 1. The normalized spacial score (nSPS) is 10.9. The van der Waals surface area contributed by atoms with Gasteiger partial charge in [0.2, 0.25) is 5.91 Å². The summed E-state index contributed by atoms with van der Waals surface area (Å²) in [6, 6.07) is 17.4. The molecular formula is C22H20ClN5O2. The molecule has 0 unspecified atom stereocenters. The van der Waals surface area contributed by atoms with Gasteiger partial charge in [0.05, 0.1) is 18.7 Å². The Morgan fingerprint density at radius 1 is 1.07 bits per heavy atom. The highest BCUT2D eigenvalue weighted by molar-refractivity contribution is 6.33. The third-order valence-corrected chi connectivity index (χ3v) is 5.19. The maximum Gasteiger partial charge on any atom is 0.274 e. The Morgan fingerprint density at radius 2 is 1.80 bits per heavy atom. The summed E-state index contributed by atoms with van der Waals surface area (Å²) in [6.07, 6.45) is 1.92. The molecule has 2 aromatic carbocycles. The van der Waals surface area contributed by atoms with Gasteiger partial charge >= 0.3 is 0 Å². The van der Waals surface area contributed by atoms with Crippen LogP contribution in [-0.2, 0) is 17.8 Å². The molecule has 2 amide bonds. The number of nitrogens with one attached hydrogen (secondary N) is 3. The molecule has 152 valence electrons. The van der Waals surface area contributed by atoms with Crippen molar-refractivity contribution >= 4 is 34.3 Å². The van der Waals surface area contributed by atoms with Gasteiger partial charge in [-0.05, 0) is 24.1 Å². The first kappa shape index (κ1) is 19.7. The first-order valence-corrected chi connectivity index (χ1v) is 9.81. The van der Waals surface area contributed by atoms with E-state index in [-0.39, 0.29) is 23.0 Å². The topological polar surface area (TPSA) is 91.8 Å². The van der Waals surface area contributed by atoms with Crippen molar-refractivity contribution in [1.82, 2.24) is 25.6 Å². The number of amides is 2. The minimum absolute atomic E-state index is 0.129. The number of hydrazine groups is 1. The maximum absolute atomic E-state index is 12.6. The number of aromatic amines is 1. The van der Waals surface area contributed by atoms with Gasteiger partial charge in [0, 0.05) is 17.1 Å². The van der Waals surface area contributed by atoms with Gasteiger partial charge in [-0.3, -0.25) is 20.4 Å². The van der Waals surface area contributed by atoms with E-state index in [0.717, 1.165) is 22.0 Å². The van der Waals surface area contributed by atoms with Crippen molar-refractivity contribution in [2.24, 2.45) is 0 Å². The fraction of sp³-hybridized carbons (Fsp3) is 0.136. The number of benzene rings is 2. The first-order chi connectivity index (χ1) is 14.5. The Balaban J connectivity index is 1.41. The molecule has 3 N–H and O–H groups in total. The molecule has 30 heavy (non-hydrogen) atoms. The number of aromatic nitrogens is 3. The number of fused-ring (bicyclic) bond motifs is 1. The Hall–Kier alpha value is -3.58. The summed E-state index contributed by atoms with van der Waals surface area (Å²) < 4.78 is 1.56. The average Bonchev–Trinajstić information content (AvgIpc) is 3.27. The summed E-state index contributed by atoms with van der Waals surface area (Å²) in [6.45, 7) is 2.15. The number of aryl methyl sites for hydroxylation is 1. The lowest BCUT2D eigenvalue weighted by molar-refractivity contribution is -0.121. The van der Waals surface area contributed by atoms with E-state index in [1.807, 2.05) is 54.6 Å². The average molecular weight is 422 g/mol. The number of H-pyrrole nitrogens is 1. The molecule has 0 atom stereocenters. The predicted molar refractivity (Wildman–Crippen MR) is 115 cm³/mol. The van der Waals surface area contributed by atoms with Crippen LogP contribution in [0.5, 0.6) is 0 Å². The number of rotatable bonds is 5. The molecule has 7 nitrogen and oxygen atoms in total. The molecule has 0 radical (unpaired) electrons. The lowest BCUT2D eigenvalue weighted by Gasteiger charge is -2.07. The van der Waals surface area contributed by atoms with E-state index in [2.05, 4.69) is 20.9 Å². The number of halogens is 1. The standard InChI is InChI=1S/C22H20ClN5O2/c1-14-20(21(23)28(27-14)13-15-7-3-2-4-8-15)22(30)26-25-19(29)11-16-12-24-18-10-6-5-9-17(16)18/h2-10,12,24H,11,13H2,1H3,(H,25,29)(H,26,30). The van der Waals surface area contributed by atoms with E-state index in [0.29, 0.717) is 12.2 Å². The highest BCUT2D eigenvalue weighted by atomic mass is 35.5. The zero-order chi connectivity index (χ0) is 21.1. The molecule has 4 aromatic rings. The van der Waals surface area contributed by atoms with E-state index >= 15 is 0 Å². The quantitative estimate of drug-likeness (QED) is 0.431. The van der Waals surface area contributed by atoms with Gasteiger partial charge in [-0.25, -0.2) is 4.68 Å². The second-order valence-corrected chi connectivity index (χ2v) is 7.29. The molecule has 2 heterocycles. The summed E-state index contributed by atoms with van der Waals surface area (Å²) in [7, 11) is 0. The molecule has 0 aliphatic heterocycles. The van der Waals surface area contributed by atoms with Crippen LogP contribution in [0.2, 0.25) is 5.15 Å². The molecule has 0 bridgehead atoms. The summed E-state index contributed by atoms with van der Waals surface area (Å²) in [5.74, 6) is -0.845. The fourth-order valence-electron chi connectivity index (χ4n) is 3.36. The van der Waals surface area contributed by atoms with Gasteiger partial charge in [-0.1, -0.05) is 60.1 Å². The maximum atomic E-state index is 12.6. The van der Waals surface area contributed by atoms with Crippen molar-refractivity contribution in [2.75, 3.05) is 0 Å². The zero-order valence-corrected chi connectivity index (χ0v) is 17.0.